The molecule has 0 radical (unpaired) electrons. The molecule has 8 nitrogen and oxygen atoms in total. The van der Waals surface area contributed by atoms with Gasteiger partial charge in [0.1, 0.15) is 0 Å². The van der Waals surface area contributed by atoms with Crippen LogP contribution in [0.4, 0.5) is 24.8 Å². The minimum Gasteiger partial charge on any atom is -0.476 e. The molecule has 0 spiro atoms. The van der Waals surface area contributed by atoms with Crippen LogP contribution in [0.2, 0.25) is 0 Å². The van der Waals surface area contributed by atoms with E-state index >= 15 is 0 Å². The molecule has 2 heterocycles. The molecule has 134 valence electrons. The molecule has 3 rings (SSSR count). The highest BCUT2D eigenvalue weighted by molar-refractivity contribution is 6.03. The van der Waals surface area contributed by atoms with Gasteiger partial charge < -0.3 is 10.4 Å². The van der Waals surface area contributed by atoms with Crippen molar-refractivity contribution in [3.63, 3.8) is 0 Å². The van der Waals surface area contributed by atoms with Crippen molar-refractivity contribution in [2.45, 2.75) is 0 Å². The highest BCUT2D eigenvalue weighted by Gasteiger charge is 2.21. The average molecular weight is 365 g/mol. The molecule has 0 atom stereocenters. The summed E-state index contributed by atoms with van der Waals surface area (Å²) in [5.74, 6) is -7.63. The van der Waals surface area contributed by atoms with E-state index in [1.807, 2.05) is 0 Å². The van der Waals surface area contributed by atoms with Crippen molar-refractivity contribution in [3.05, 3.63) is 53.0 Å². The Balaban J connectivity index is 2.00. The topological polar surface area (TPSA) is 109 Å². The molecular formula is C15H10F3N5O3. The SMILES string of the molecule is CNc1ccc2nc(NC(=O)c3ccc(F)c(F)c3F)nn2c1C(=O)O. The first-order valence-corrected chi connectivity index (χ1v) is 7.09. The minimum absolute atomic E-state index is 0.0995. The van der Waals surface area contributed by atoms with Crippen molar-refractivity contribution in [2.75, 3.05) is 17.7 Å². The zero-order valence-corrected chi connectivity index (χ0v) is 13.0. The molecule has 0 fully saturated rings. The first-order chi connectivity index (χ1) is 12.3. The van der Waals surface area contributed by atoms with Gasteiger partial charge in [0.15, 0.2) is 28.8 Å². The summed E-state index contributed by atoms with van der Waals surface area (Å²) in [7, 11) is 1.51. The normalized spacial score (nSPS) is 10.8. The van der Waals surface area contributed by atoms with Crippen LogP contribution in [-0.4, -0.2) is 38.6 Å². The summed E-state index contributed by atoms with van der Waals surface area (Å²) in [5, 5.41) is 17.9. The zero-order valence-electron chi connectivity index (χ0n) is 13.0. The number of carbonyl (C=O) groups is 2. The lowest BCUT2D eigenvalue weighted by atomic mass is 10.2. The van der Waals surface area contributed by atoms with Gasteiger partial charge in [-0.2, -0.15) is 4.98 Å². The first kappa shape index (κ1) is 17.2. The molecule has 1 aromatic carbocycles. The lowest BCUT2D eigenvalue weighted by Gasteiger charge is -2.05. The second-order valence-corrected chi connectivity index (χ2v) is 5.03. The van der Waals surface area contributed by atoms with Crippen LogP contribution in [0.25, 0.3) is 5.65 Å². The number of hydrogen-bond acceptors (Lipinski definition) is 5. The number of carbonyl (C=O) groups excluding carboxylic acids is 1. The third-order valence-corrected chi connectivity index (χ3v) is 3.48. The Labute approximate surface area is 143 Å². The molecule has 26 heavy (non-hydrogen) atoms. The second-order valence-electron chi connectivity index (χ2n) is 5.03. The van der Waals surface area contributed by atoms with Crippen molar-refractivity contribution in [3.8, 4) is 0 Å². The van der Waals surface area contributed by atoms with Gasteiger partial charge in [0, 0.05) is 7.05 Å². The predicted molar refractivity (Wildman–Crippen MR) is 83.8 cm³/mol. The Kier molecular flexibility index (Phi) is 4.20. The molecule has 1 amide bonds. The number of halogens is 3. The fraction of sp³-hybridized carbons (Fsp3) is 0.0667. The molecule has 3 N–H and O–H groups in total. The number of nitrogens with zero attached hydrogens (tertiary/aromatic N) is 3. The van der Waals surface area contributed by atoms with E-state index in [-0.39, 0.29) is 23.0 Å². The Morgan fingerprint density at radius 2 is 1.85 bits per heavy atom. The number of benzene rings is 1. The summed E-state index contributed by atoms with van der Waals surface area (Å²) in [6.07, 6.45) is 0. The lowest BCUT2D eigenvalue weighted by molar-refractivity contribution is 0.0688. The van der Waals surface area contributed by atoms with E-state index in [0.717, 1.165) is 10.6 Å². The van der Waals surface area contributed by atoms with Crippen LogP contribution >= 0.6 is 0 Å². The Morgan fingerprint density at radius 1 is 1.12 bits per heavy atom. The number of aromatic carboxylic acids is 1. The number of pyridine rings is 1. The largest absolute Gasteiger partial charge is 0.476 e. The summed E-state index contributed by atoms with van der Waals surface area (Å²) in [6.45, 7) is 0. The zero-order chi connectivity index (χ0) is 19.0. The molecule has 0 aliphatic rings. The number of amides is 1. The van der Waals surface area contributed by atoms with Crippen LogP contribution in [0.1, 0.15) is 20.8 Å². The van der Waals surface area contributed by atoms with Crippen LogP contribution < -0.4 is 10.6 Å². The van der Waals surface area contributed by atoms with Gasteiger partial charge in [0.2, 0.25) is 5.95 Å². The molecule has 0 saturated heterocycles. The summed E-state index contributed by atoms with van der Waals surface area (Å²) < 4.78 is 40.8. The van der Waals surface area contributed by atoms with Crippen LogP contribution in [0, 0.1) is 17.5 Å². The van der Waals surface area contributed by atoms with Crippen LogP contribution in [0.15, 0.2) is 24.3 Å². The number of anilines is 2. The quantitative estimate of drug-likeness (QED) is 0.612. The van der Waals surface area contributed by atoms with Crippen LogP contribution in [0.5, 0.6) is 0 Å². The van der Waals surface area contributed by atoms with E-state index in [9.17, 15) is 27.9 Å². The van der Waals surface area contributed by atoms with Crippen molar-refractivity contribution in [2.24, 2.45) is 0 Å². The number of rotatable bonds is 4. The standard InChI is InChI=1S/C15H10F3N5O3/c1-19-8-4-5-9-20-15(22-23(9)12(8)14(25)26)21-13(24)6-2-3-7(16)11(18)10(6)17/h2-5,19H,1H3,(H,25,26)(H,21,22,24). The van der Waals surface area contributed by atoms with Gasteiger partial charge in [-0.3, -0.25) is 10.1 Å². The number of hydrogen-bond donors (Lipinski definition) is 3. The van der Waals surface area contributed by atoms with Crippen molar-refractivity contribution < 1.29 is 27.9 Å². The van der Waals surface area contributed by atoms with Gasteiger partial charge in [0.25, 0.3) is 5.91 Å². The summed E-state index contributed by atoms with van der Waals surface area (Å²) in [5.41, 5.74) is -0.643. The van der Waals surface area contributed by atoms with E-state index < -0.39 is 34.9 Å². The first-order valence-electron chi connectivity index (χ1n) is 7.09. The lowest BCUT2D eigenvalue weighted by Crippen LogP contribution is -2.16. The Bertz CT molecular complexity index is 1050. The second kappa shape index (κ2) is 6.35. The third kappa shape index (κ3) is 2.79. The minimum atomic E-state index is -1.78. The Morgan fingerprint density at radius 3 is 2.50 bits per heavy atom. The molecule has 2 aromatic heterocycles. The highest BCUT2D eigenvalue weighted by Crippen LogP contribution is 2.19. The van der Waals surface area contributed by atoms with E-state index in [1.165, 1.54) is 19.2 Å². The number of nitrogens with one attached hydrogen (secondary N) is 2. The van der Waals surface area contributed by atoms with Gasteiger partial charge in [-0.25, -0.2) is 22.5 Å². The fourth-order valence-corrected chi connectivity index (χ4v) is 2.28. The molecule has 11 heteroatoms. The van der Waals surface area contributed by atoms with E-state index in [0.29, 0.717) is 6.07 Å². The number of fused-ring (bicyclic) bond motifs is 1. The van der Waals surface area contributed by atoms with Gasteiger partial charge in [-0.05, 0) is 24.3 Å². The highest BCUT2D eigenvalue weighted by atomic mass is 19.2. The molecule has 0 bridgehead atoms. The third-order valence-electron chi connectivity index (χ3n) is 3.48. The predicted octanol–water partition coefficient (Wildman–Crippen LogP) is 2.14. The smallest absolute Gasteiger partial charge is 0.356 e. The summed E-state index contributed by atoms with van der Waals surface area (Å²) >= 11 is 0. The molecular weight excluding hydrogens is 355 g/mol. The van der Waals surface area contributed by atoms with Crippen LogP contribution in [-0.2, 0) is 0 Å². The monoisotopic (exact) mass is 365 g/mol. The molecule has 3 aromatic rings. The van der Waals surface area contributed by atoms with Gasteiger partial charge in [0.05, 0.1) is 11.3 Å². The summed E-state index contributed by atoms with van der Waals surface area (Å²) in [6, 6.07) is 4.26. The van der Waals surface area contributed by atoms with Crippen molar-refractivity contribution in [1.29, 1.82) is 0 Å². The van der Waals surface area contributed by atoms with Gasteiger partial charge in [-0.15, -0.1) is 5.10 Å². The number of carboxylic acid groups (broad SMARTS) is 1. The molecule has 0 unspecified atom stereocenters. The average Bonchev–Trinajstić information content (AvgIpc) is 3.00. The molecule has 0 aliphatic heterocycles. The number of aromatic nitrogens is 3. The van der Waals surface area contributed by atoms with Crippen molar-refractivity contribution in [1.82, 2.24) is 14.6 Å². The van der Waals surface area contributed by atoms with Gasteiger partial charge in [-0.1, -0.05) is 0 Å². The maximum Gasteiger partial charge on any atom is 0.356 e. The maximum atomic E-state index is 13.7. The van der Waals surface area contributed by atoms with Gasteiger partial charge >= 0.3 is 5.97 Å². The van der Waals surface area contributed by atoms with Crippen LogP contribution in [0.3, 0.4) is 0 Å². The number of carboxylic acids is 1. The van der Waals surface area contributed by atoms with Crippen molar-refractivity contribution >= 4 is 29.2 Å². The fourth-order valence-electron chi connectivity index (χ4n) is 2.28. The van der Waals surface area contributed by atoms with E-state index in [4.69, 9.17) is 0 Å². The molecule has 0 saturated carbocycles. The van der Waals surface area contributed by atoms with E-state index in [2.05, 4.69) is 20.7 Å². The maximum absolute atomic E-state index is 13.7. The van der Waals surface area contributed by atoms with E-state index in [1.54, 1.807) is 0 Å². The summed E-state index contributed by atoms with van der Waals surface area (Å²) in [4.78, 5) is 27.4. The Hall–Kier alpha value is -3.63. The molecule has 0 aliphatic carbocycles.